The van der Waals surface area contributed by atoms with Crippen molar-refractivity contribution in [2.24, 2.45) is 11.7 Å². The highest BCUT2D eigenvalue weighted by Gasteiger charge is 2.31. The summed E-state index contributed by atoms with van der Waals surface area (Å²) in [6, 6.07) is 17.6. The van der Waals surface area contributed by atoms with Crippen LogP contribution >= 0.6 is 0 Å². The molecule has 0 saturated heterocycles. The summed E-state index contributed by atoms with van der Waals surface area (Å²) >= 11 is 0. The van der Waals surface area contributed by atoms with Crippen LogP contribution in [0.1, 0.15) is 50.2 Å². The number of carbonyl (C=O) groups excluding carboxylic acids is 2. The van der Waals surface area contributed by atoms with Gasteiger partial charge in [0.05, 0.1) is 24.1 Å². The SMILES string of the molecule is CC(CC(=O)NC(Cc1ccccc1)C(O)C(Cc1ccccc1)NC(=O)CCCCCN)C(=O)O. The highest BCUT2D eigenvalue weighted by Crippen LogP contribution is 2.15. The van der Waals surface area contributed by atoms with Gasteiger partial charge in [-0.25, -0.2) is 0 Å². The van der Waals surface area contributed by atoms with Crippen molar-refractivity contribution in [2.45, 2.75) is 70.1 Å². The molecule has 0 fully saturated rings. The molecule has 2 amide bonds. The number of benzene rings is 2. The Labute approximate surface area is 213 Å². The minimum atomic E-state index is -1.11. The predicted molar refractivity (Wildman–Crippen MR) is 139 cm³/mol. The van der Waals surface area contributed by atoms with Crippen LogP contribution in [-0.2, 0) is 27.2 Å². The van der Waals surface area contributed by atoms with E-state index in [1.807, 2.05) is 60.7 Å². The van der Waals surface area contributed by atoms with E-state index in [-0.39, 0.29) is 12.3 Å². The number of hydrogen-bond donors (Lipinski definition) is 5. The van der Waals surface area contributed by atoms with Gasteiger partial charge in [0, 0.05) is 12.8 Å². The predicted octanol–water partition coefficient (Wildman–Crippen LogP) is 2.43. The number of unbranched alkanes of at least 4 members (excludes halogenated alkanes) is 2. The Kier molecular flexibility index (Phi) is 12.6. The Morgan fingerprint density at radius 2 is 1.31 bits per heavy atom. The molecule has 0 heterocycles. The third-order valence-corrected chi connectivity index (χ3v) is 6.14. The molecule has 2 aromatic carbocycles. The van der Waals surface area contributed by atoms with Crippen molar-refractivity contribution < 1.29 is 24.6 Å². The average molecular weight is 498 g/mol. The highest BCUT2D eigenvalue weighted by atomic mass is 16.4. The first-order valence-corrected chi connectivity index (χ1v) is 12.6. The van der Waals surface area contributed by atoms with Crippen LogP contribution < -0.4 is 16.4 Å². The molecular weight excluding hydrogens is 458 g/mol. The zero-order valence-corrected chi connectivity index (χ0v) is 20.9. The van der Waals surface area contributed by atoms with Gasteiger partial charge in [-0.1, -0.05) is 74.0 Å². The highest BCUT2D eigenvalue weighted by molar-refractivity contribution is 5.82. The van der Waals surface area contributed by atoms with E-state index in [4.69, 9.17) is 5.73 Å². The van der Waals surface area contributed by atoms with Gasteiger partial charge < -0.3 is 26.6 Å². The Morgan fingerprint density at radius 1 is 0.806 bits per heavy atom. The minimum Gasteiger partial charge on any atom is -0.481 e. The smallest absolute Gasteiger partial charge is 0.306 e. The summed E-state index contributed by atoms with van der Waals surface area (Å²) in [5.74, 6) is -2.55. The van der Waals surface area contributed by atoms with E-state index < -0.39 is 36.0 Å². The van der Waals surface area contributed by atoms with Crippen LogP contribution in [-0.4, -0.2) is 52.7 Å². The van der Waals surface area contributed by atoms with Gasteiger partial charge >= 0.3 is 5.97 Å². The molecule has 0 radical (unpaired) electrons. The molecule has 0 aromatic heterocycles. The standard InChI is InChI=1S/C28H39N3O5/c1-20(28(35)36)17-26(33)31-24(19-22-13-7-3-8-14-22)27(34)23(18-21-11-5-2-6-12-21)30-25(32)15-9-4-10-16-29/h2-3,5-8,11-14,20,23-24,27,34H,4,9-10,15-19,29H2,1H3,(H,30,32)(H,31,33)(H,35,36). The maximum absolute atomic E-state index is 12.7. The van der Waals surface area contributed by atoms with Gasteiger partial charge in [-0.2, -0.15) is 0 Å². The molecular formula is C28H39N3O5. The summed E-state index contributed by atoms with van der Waals surface area (Å²) in [5, 5.41) is 26.5. The summed E-state index contributed by atoms with van der Waals surface area (Å²) in [4.78, 5) is 36.6. The van der Waals surface area contributed by atoms with Gasteiger partial charge in [-0.05, 0) is 43.4 Å². The summed E-state index contributed by atoms with van der Waals surface area (Å²) in [6.45, 7) is 2.05. The Morgan fingerprint density at radius 3 is 1.78 bits per heavy atom. The van der Waals surface area contributed by atoms with Gasteiger partial charge in [-0.3, -0.25) is 14.4 Å². The van der Waals surface area contributed by atoms with Crippen LogP contribution in [0.25, 0.3) is 0 Å². The van der Waals surface area contributed by atoms with Crippen LogP contribution in [0.15, 0.2) is 60.7 Å². The maximum atomic E-state index is 12.7. The van der Waals surface area contributed by atoms with Crippen LogP contribution in [0.5, 0.6) is 0 Å². The fourth-order valence-corrected chi connectivity index (χ4v) is 4.05. The Bertz CT molecular complexity index is 939. The zero-order chi connectivity index (χ0) is 26.3. The number of hydrogen-bond acceptors (Lipinski definition) is 5. The molecule has 0 bridgehead atoms. The number of rotatable bonds is 16. The second kappa shape index (κ2) is 15.7. The van der Waals surface area contributed by atoms with Crippen molar-refractivity contribution >= 4 is 17.8 Å². The van der Waals surface area contributed by atoms with Crippen LogP contribution in [0.4, 0.5) is 0 Å². The zero-order valence-electron chi connectivity index (χ0n) is 20.9. The number of aliphatic carboxylic acids is 1. The molecule has 0 aliphatic heterocycles. The maximum Gasteiger partial charge on any atom is 0.306 e. The van der Waals surface area contributed by atoms with Crippen molar-refractivity contribution in [3.63, 3.8) is 0 Å². The summed E-state index contributed by atoms with van der Waals surface area (Å²) in [7, 11) is 0. The lowest BCUT2D eigenvalue weighted by molar-refractivity contribution is -0.143. The van der Waals surface area contributed by atoms with E-state index in [1.54, 1.807) is 0 Å². The number of nitrogens with one attached hydrogen (secondary N) is 2. The van der Waals surface area contributed by atoms with Gasteiger partial charge in [0.25, 0.3) is 0 Å². The summed E-state index contributed by atoms with van der Waals surface area (Å²) in [6.07, 6.45) is 2.12. The lowest BCUT2D eigenvalue weighted by Gasteiger charge is -2.32. The average Bonchev–Trinajstić information content (AvgIpc) is 2.86. The number of amides is 2. The second-order valence-corrected chi connectivity index (χ2v) is 9.26. The normalized spacial score (nSPS) is 14.3. The number of aliphatic hydroxyl groups is 1. The molecule has 4 atom stereocenters. The Hall–Kier alpha value is -3.23. The van der Waals surface area contributed by atoms with Crippen molar-refractivity contribution in [3.05, 3.63) is 71.8 Å². The molecule has 196 valence electrons. The molecule has 2 rings (SSSR count). The topological polar surface area (TPSA) is 142 Å². The molecule has 0 aliphatic carbocycles. The first-order chi connectivity index (χ1) is 17.3. The Balaban J connectivity index is 2.22. The molecule has 0 aliphatic rings. The molecule has 0 spiro atoms. The first-order valence-electron chi connectivity index (χ1n) is 12.6. The van der Waals surface area contributed by atoms with E-state index in [9.17, 15) is 24.6 Å². The van der Waals surface area contributed by atoms with Gasteiger partial charge in [0.15, 0.2) is 0 Å². The first kappa shape index (κ1) is 29.0. The number of carboxylic acid groups (broad SMARTS) is 1. The second-order valence-electron chi connectivity index (χ2n) is 9.26. The van der Waals surface area contributed by atoms with Crippen molar-refractivity contribution in [1.82, 2.24) is 10.6 Å². The summed E-state index contributed by atoms with van der Waals surface area (Å²) in [5.41, 5.74) is 7.38. The largest absolute Gasteiger partial charge is 0.481 e. The molecule has 8 heteroatoms. The van der Waals surface area contributed by atoms with Gasteiger partial charge in [0.2, 0.25) is 11.8 Å². The fraction of sp³-hybridized carbons (Fsp3) is 0.464. The van der Waals surface area contributed by atoms with E-state index in [0.717, 1.165) is 24.0 Å². The van der Waals surface area contributed by atoms with Crippen LogP contribution in [0, 0.1) is 5.92 Å². The van der Waals surface area contributed by atoms with E-state index in [1.165, 1.54) is 6.92 Å². The molecule has 8 nitrogen and oxygen atoms in total. The third-order valence-electron chi connectivity index (χ3n) is 6.14. The molecule has 6 N–H and O–H groups in total. The van der Waals surface area contributed by atoms with Crippen LogP contribution in [0.2, 0.25) is 0 Å². The third kappa shape index (κ3) is 10.6. The van der Waals surface area contributed by atoms with Crippen molar-refractivity contribution in [3.8, 4) is 0 Å². The number of carboxylic acids is 1. The quantitative estimate of drug-likeness (QED) is 0.226. The monoisotopic (exact) mass is 497 g/mol. The molecule has 0 saturated carbocycles. The lowest BCUT2D eigenvalue weighted by Crippen LogP contribution is -2.56. The van der Waals surface area contributed by atoms with Crippen LogP contribution in [0.3, 0.4) is 0 Å². The minimum absolute atomic E-state index is 0.170. The lowest BCUT2D eigenvalue weighted by atomic mass is 9.91. The molecule has 36 heavy (non-hydrogen) atoms. The summed E-state index contributed by atoms with van der Waals surface area (Å²) < 4.78 is 0. The number of aliphatic hydroxyl groups excluding tert-OH is 1. The van der Waals surface area contributed by atoms with Crippen molar-refractivity contribution in [1.29, 1.82) is 0 Å². The number of carbonyl (C=O) groups is 3. The van der Waals surface area contributed by atoms with Crippen molar-refractivity contribution in [2.75, 3.05) is 6.54 Å². The van der Waals surface area contributed by atoms with E-state index in [2.05, 4.69) is 10.6 Å². The van der Waals surface area contributed by atoms with E-state index >= 15 is 0 Å². The van der Waals surface area contributed by atoms with E-state index in [0.29, 0.717) is 32.2 Å². The molecule has 2 aromatic rings. The van der Waals surface area contributed by atoms with Gasteiger partial charge in [-0.15, -0.1) is 0 Å². The molecule has 4 unspecified atom stereocenters. The number of nitrogens with two attached hydrogens (primary N) is 1. The van der Waals surface area contributed by atoms with Gasteiger partial charge in [0.1, 0.15) is 0 Å². The fourth-order valence-electron chi connectivity index (χ4n) is 4.05.